The number of unbranched alkanes of at least 4 members (excludes halogenated alkanes) is 1. The molecule has 0 rings (SSSR count). The second-order valence-corrected chi connectivity index (χ2v) is 5.11. The summed E-state index contributed by atoms with van der Waals surface area (Å²) in [6.07, 6.45) is -2.01. The summed E-state index contributed by atoms with van der Waals surface area (Å²) in [6, 6.07) is 0. The van der Waals surface area contributed by atoms with E-state index in [9.17, 15) is 17.2 Å². The SMILES string of the molecule is CN(CC(F)F)S(=O)(=O)CCCCO. The molecular formula is C7H15F2NO3S. The van der Waals surface area contributed by atoms with Crippen molar-refractivity contribution in [2.45, 2.75) is 19.3 Å². The summed E-state index contributed by atoms with van der Waals surface area (Å²) in [5.74, 6) is -0.198. The fraction of sp³-hybridized carbons (Fsp3) is 1.00. The first kappa shape index (κ1) is 13.7. The smallest absolute Gasteiger partial charge is 0.252 e. The van der Waals surface area contributed by atoms with E-state index in [4.69, 9.17) is 5.11 Å². The van der Waals surface area contributed by atoms with Crippen molar-refractivity contribution in [1.29, 1.82) is 0 Å². The summed E-state index contributed by atoms with van der Waals surface area (Å²) < 4.78 is 46.9. The van der Waals surface area contributed by atoms with Gasteiger partial charge in [0.05, 0.1) is 12.3 Å². The van der Waals surface area contributed by atoms with Gasteiger partial charge in [-0.3, -0.25) is 0 Å². The molecule has 0 aliphatic rings. The lowest BCUT2D eigenvalue weighted by Gasteiger charge is -2.16. The number of aliphatic hydroxyl groups excluding tert-OH is 1. The number of halogens is 2. The van der Waals surface area contributed by atoms with Crippen molar-refractivity contribution in [3.05, 3.63) is 0 Å². The molecule has 0 atom stereocenters. The van der Waals surface area contributed by atoms with Gasteiger partial charge >= 0.3 is 0 Å². The Labute approximate surface area is 82.6 Å². The molecule has 0 bridgehead atoms. The Balaban J connectivity index is 4.04. The molecule has 0 spiro atoms. The Morgan fingerprint density at radius 2 is 1.93 bits per heavy atom. The fourth-order valence-electron chi connectivity index (χ4n) is 0.860. The summed E-state index contributed by atoms with van der Waals surface area (Å²) in [7, 11) is -2.46. The predicted octanol–water partition coefficient (Wildman–Crippen LogP) is 0.286. The molecule has 0 heterocycles. The third-order valence-electron chi connectivity index (χ3n) is 1.68. The molecule has 4 nitrogen and oxygen atoms in total. The standard InChI is InChI=1S/C7H15F2NO3S/c1-10(6-7(8)9)14(12,13)5-3-2-4-11/h7,11H,2-6H2,1H3. The predicted molar refractivity (Wildman–Crippen MR) is 48.7 cm³/mol. The van der Waals surface area contributed by atoms with Gasteiger partial charge in [0, 0.05) is 13.7 Å². The van der Waals surface area contributed by atoms with Crippen LogP contribution in [-0.4, -0.2) is 50.2 Å². The van der Waals surface area contributed by atoms with Crippen molar-refractivity contribution in [1.82, 2.24) is 4.31 Å². The highest BCUT2D eigenvalue weighted by Crippen LogP contribution is 2.05. The molecule has 1 N–H and O–H groups in total. The zero-order valence-corrected chi connectivity index (χ0v) is 8.80. The number of alkyl halides is 2. The minimum atomic E-state index is -3.59. The van der Waals surface area contributed by atoms with Gasteiger partial charge in [-0.25, -0.2) is 17.2 Å². The summed E-state index contributed by atoms with van der Waals surface area (Å²) >= 11 is 0. The van der Waals surface area contributed by atoms with Crippen LogP contribution in [0.15, 0.2) is 0 Å². The van der Waals surface area contributed by atoms with Crippen molar-refractivity contribution >= 4 is 10.0 Å². The number of nitrogens with zero attached hydrogens (tertiary/aromatic N) is 1. The van der Waals surface area contributed by atoms with Crippen molar-refractivity contribution in [3.8, 4) is 0 Å². The van der Waals surface area contributed by atoms with Crippen molar-refractivity contribution in [3.63, 3.8) is 0 Å². The maximum atomic E-state index is 11.9. The lowest BCUT2D eigenvalue weighted by atomic mass is 10.4. The quantitative estimate of drug-likeness (QED) is 0.640. The van der Waals surface area contributed by atoms with E-state index in [2.05, 4.69) is 0 Å². The van der Waals surface area contributed by atoms with Crippen LogP contribution >= 0.6 is 0 Å². The normalized spacial score (nSPS) is 12.7. The lowest BCUT2D eigenvalue weighted by molar-refractivity contribution is 0.126. The fourth-order valence-corrected chi connectivity index (χ4v) is 2.08. The van der Waals surface area contributed by atoms with Crippen LogP contribution in [0.2, 0.25) is 0 Å². The third kappa shape index (κ3) is 5.46. The van der Waals surface area contributed by atoms with Crippen LogP contribution in [0.5, 0.6) is 0 Å². The third-order valence-corrected chi connectivity index (χ3v) is 3.58. The molecule has 0 unspecified atom stereocenters. The zero-order chi connectivity index (χ0) is 11.2. The number of aliphatic hydroxyl groups is 1. The first-order valence-electron chi connectivity index (χ1n) is 4.23. The summed E-state index contributed by atoms with van der Waals surface area (Å²) in [4.78, 5) is 0. The Morgan fingerprint density at radius 3 is 2.36 bits per heavy atom. The molecule has 0 aliphatic heterocycles. The number of sulfonamides is 1. The van der Waals surface area contributed by atoms with Gasteiger partial charge in [-0.15, -0.1) is 0 Å². The Bertz CT molecular complexity index is 243. The van der Waals surface area contributed by atoms with E-state index >= 15 is 0 Å². The first-order valence-corrected chi connectivity index (χ1v) is 5.84. The highest BCUT2D eigenvalue weighted by molar-refractivity contribution is 7.89. The molecule has 0 saturated carbocycles. The maximum absolute atomic E-state index is 11.9. The van der Waals surface area contributed by atoms with Gasteiger partial charge in [0.15, 0.2) is 0 Å². The molecule has 86 valence electrons. The van der Waals surface area contributed by atoms with Gasteiger partial charge in [-0.05, 0) is 12.8 Å². The molecule has 0 aromatic carbocycles. The van der Waals surface area contributed by atoms with Gasteiger partial charge in [0.2, 0.25) is 10.0 Å². The molecule has 0 fully saturated rings. The van der Waals surface area contributed by atoms with E-state index in [1.165, 1.54) is 0 Å². The Hall–Kier alpha value is -0.270. The summed E-state index contributed by atoms with van der Waals surface area (Å²) in [5.41, 5.74) is 0. The van der Waals surface area contributed by atoms with Crippen LogP contribution in [0.25, 0.3) is 0 Å². The molecule has 0 amide bonds. The molecule has 0 aromatic rings. The van der Waals surface area contributed by atoms with Gasteiger partial charge in [0.1, 0.15) is 0 Å². The molecule has 14 heavy (non-hydrogen) atoms. The Morgan fingerprint density at radius 1 is 1.36 bits per heavy atom. The second kappa shape index (κ2) is 6.26. The summed E-state index contributed by atoms with van der Waals surface area (Å²) in [5, 5.41) is 8.42. The average molecular weight is 231 g/mol. The van der Waals surface area contributed by atoms with Gasteiger partial charge in [-0.2, -0.15) is 4.31 Å². The molecule has 0 radical (unpaired) electrons. The van der Waals surface area contributed by atoms with Crippen LogP contribution in [0.1, 0.15) is 12.8 Å². The largest absolute Gasteiger partial charge is 0.396 e. The second-order valence-electron chi connectivity index (χ2n) is 2.92. The van der Waals surface area contributed by atoms with Crippen molar-refractivity contribution in [2.75, 3.05) is 26.0 Å². The topological polar surface area (TPSA) is 57.6 Å². The maximum Gasteiger partial charge on any atom is 0.252 e. The van der Waals surface area contributed by atoms with E-state index in [1.54, 1.807) is 0 Å². The molecule has 0 saturated heterocycles. The van der Waals surface area contributed by atoms with Crippen molar-refractivity contribution < 1.29 is 22.3 Å². The minimum Gasteiger partial charge on any atom is -0.396 e. The van der Waals surface area contributed by atoms with Crippen LogP contribution in [0, 0.1) is 0 Å². The van der Waals surface area contributed by atoms with Crippen LogP contribution in [-0.2, 0) is 10.0 Å². The highest BCUT2D eigenvalue weighted by Gasteiger charge is 2.20. The zero-order valence-electron chi connectivity index (χ0n) is 7.99. The Kier molecular flexibility index (Phi) is 6.14. The van der Waals surface area contributed by atoms with E-state index in [0.717, 1.165) is 7.05 Å². The van der Waals surface area contributed by atoms with Gasteiger partial charge < -0.3 is 5.11 Å². The van der Waals surface area contributed by atoms with E-state index in [1.807, 2.05) is 0 Å². The molecule has 7 heteroatoms. The average Bonchev–Trinajstić information content (AvgIpc) is 2.03. The number of hydrogen-bond donors (Lipinski definition) is 1. The highest BCUT2D eigenvalue weighted by atomic mass is 32.2. The van der Waals surface area contributed by atoms with Crippen molar-refractivity contribution in [2.24, 2.45) is 0 Å². The molecule has 0 aliphatic carbocycles. The number of rotatable bonds is 7. The molecular weight excluding hydrogens is 216 g/mol. The molecule has 0 aromatic heterocycles. The van der Waals surface area contributed by atoms with E-state index in [-0.39, 0.29) is 18.8 Å². The van der Waals surface area contributed by atoms with Gasteiger partial charge in [-0.1, -0.05) is 0 Å². The minimum absolute atomic E-state index is 0.0892. The van der Waals surface area contributed by atoms with Crippen LogP contribution < -0.4 is 0 Å². The summed E-state index contributed by atoms with van der Waals surface area (Å²) in [6.45, 7) is -0.866. The van der Waals surface area contributed by atoms with E-state index in [0.29, 0.717) is 10.7 Å². The number of hydrogen-bond acceptors (Lipinski definition) is 3. The first-order chi connectivity index (χ1) is 6.40. The monoisotopic (exact) mass is 231 g/mol. The van der Waals surface area contributed by atoms with E-state index < -0.39 is 23.0 Å². The lowest BCUT2D eigenvalue weighted by Crippen LogP contribution is -2.33. The van der Waals surface area contributed by atoms with Gasteiger partial charge in [0.25, 0.3) is 6.43 Å². The van der Waals surface area contributed by atoms with Crippen LogP contribution in [0.3, 0.4) is 0 Å². The van der Waals surface area contributed by atoms with Crippen LogP contribution in [0.4, 0.5) is 8.78 Å².